The van der Waals surface area contributed by atoms with E-state index < -0.39 is 11.9 Å². The molecular formula is C12H15F3N4O2. The highest BCUT2D eigenvalue weighted by Crippen LogP contribution is 2.27. The Balaban J connectivity index is 1.92. The third-order valence-corrected chi connectivity index (χ3v) is 3.22. The molecule has 0 atom stereocenters. The number of ether oxygens (including phenoxy) is 1. The second-order valence-corrected chi connectivity index (χ2v) is 4.61. The van der Waals surface area contributed by atoms with Crippen molar-refractivity contribution in [1.82, 2.24) is 15.1 Å². The van der Waals surface area contributed by atoms with Gasteiger partial charge in [-0.1, -0.05) is 0 Å². The van der Waals surface area contributed by atoms with Gasteiger partial charge in [0.15, 0.2) is 11.5 Å². The molecule has 0 unspecified atom stereocenters. The minimum Gasteiger partial charge on any atom is -0.468 e. The van der Waals surface area contributed by atoms with E-state index in [1.165, 1.54) is 13.2 Å². The first-order chi connectivity index (χ1) is 9.90. The maximum absolute atomic E-state index is 12.4. The van der Waals surface area contributed by atoms with Crippen molar-refractivity contribution in [3.63, 3.8) is 0 Å². The van der Waals surface area contributed by atoms with E-state index in [4.69, 9.17) is 0 Å². The van der Waals surface area contributed by atoms with Crippen molar-refractivity contribution in [2.45, 2.75) is 6.18 Å². The maximum atomic E-state index is 12.4. The molecule has 0 radical (unpaired) electrons. The quantitative estimate of drug-likeness (QED) is 0.770. The van der Waals surface area contributed by atoms with E-state index in [1.807, 2.05) is 9.80 Å². The molecule has 0 saturated carbocycles. The van der Waals surface area contributed by atoms with E-state index in [0.717, 1.165) is 6.07 Å². The van der Waals surface area contributed by atoms with Crippen LogP contribution in [0.25, 0.3) is 0 Å². The number of nitrogens with zero attached hydrogens (tertiary/aromatic N) is 4. The highest BCUT2D eigenvalue weighted by Gasteiger charge is 2.33. The monoisotopic (exact) mass is 304 g/mol. The highest BCUT2D eigenvalue weighted by atomic mass is 19.4. The van der Waals surface area contributed by atoms with E-state index in [0.29, 0.717) is 32.0 Å². The van der Waals surface area contributed by atoms with E-state index in [1.54, 1.807) is 0 Å². The van der Waals surface area contributed by atoms with Crippen molar-refractivity contribution in [3.05, 3.63) is 17.8 Å². The fourth-order valence-electron chi connectivity index (χ4n) is 2.03. The molecular weight excluding hydrogens is 289 g/mol. The summed E-state index contributed by atoms with van der Waals surface area (Å²) in [5.74, 6) is 0.0958. The van der Waals surface area contributed by atoms with Gasteiger partial charge in [0.05, 0.1) is 13.7 Å². The molecule has 0 bridgehead atoms. The number of hydrogen-bond donors (Lipinski definition) is 0. The van der Waals surface area contributed by atoms with Crippen molar-refractivity contribution in [2.75, 3.05) is 44.7 Å². The number of anilines is 1. The summed E-state index contributed by atoms with van der Waals surface area (Å²) in [6.07, 6.45) is -4.48. The smallest absolute Gasteiger partial charge is 0.435 e. The number of piperazine rings is 1. The van der Waals surface area contributed by atoms with Crippen LogP contribution in [0.2, 0.25) is 0 Å². The van der Waals surface area contributed by atoms with Gasteiger partial charge < -0.3 is 9.64 Å². The lowest BCUT2D eigenvalue weighted by atomic mass is 10.3. The van der Waals surface area contributed by atoms with Crippen molar-refractivity contribution in [2.24, 2.45) is 0 Å². The zero-order valence-corrected chi connectivity index (χ0v) is 11.4. The number of carbonyl (C=O) groups excluding carboxylic acids is 1. The van der Waals surface area contributed by atoms with Crippen LogP contribution in [0.3, 0.4) is 0 Å². The fraction of sp³-hybridized carbons (Fsp3) is 0.583. The first-order valence-corrected chi connectivity index (χ1v) is 6.35. The molecule has 9 heteroatoms. The average Bonchev–Trinajstić information content (AvgIpc) is 2.47. The van der Waals surface area contributed by atoms with Crippen molar-refractivity contribution >= 4 is 11.8 Å². The molecule has 21 heavy (non-hydrogen) atoms. The lowest BCUT2D eigenvalue weighted by molar-refractivity contribution is -0.142. The number of methoxy groups -OCH3 is 1. The second-order valence-electron chi connectivity index (χ2n) is 4.61. The minimum atomic E-state index is -4.48. The molecule has 6 nitrogen and oxygen atoms in total. The predicted molar refractivity (Wildman–Crippen MR) is 67.7 cm³/mol. The highest BCUT2D eigenvalue weighted by molar-refractivity contribution is 5.71. The Kier molecular flexibility index (Phi) is 4.61. The van der Waals surface area contributed by atoms with Gasteiger partial charge >= 0.3 is 12.1 Å². The lowest BCUT2D eigenvalue weighted by Crippen LogP contribution is -2.48. The van der Waals surface area contributed by atoms with Crippen LogP contribution >= 0.6 is 0 Å². The Morgan fingerprint density at radius 1 is 1.24 bits per heavy atom. The van der Waals surface area contributed by atoms with E-state index in [2.05, 4.69) is 14.9 Å². The minimum absolute atomic E-state index is 0.211. The van der Waals surface area contributed by atoms with Crippen LogP contribution in [-0.4, -0.2) is 60.9 Å². The number of rotatable bonds is 3. The van der Waals surface area contributed by atoms with Gasteiger partial charge in [-0.3, -0.25) is 9.69 Å². The van der Waals surface area contributed by atoms with Crippen LogP contribution in [0, 0.1) is 0 Å². The number of halogens is 3. The standard InChI is InChI=1S/C12H15F3N4O2/c1-21-11(20)8-18-4-6-19(7-5-18)10-3-2-9(16-17-10)12(13,14)15/h2-3H,4-8H2,1H3. The molecule has 1 aliphatic heterocycles. The SMILES string of the molecule is COC(=O)CN1CCN(c2ccc(C(F)(F)F)nn2)CC1. The van der Waals surface area contributed by atoms with Gasteiger partial charge in [0, 0.05) is 26.2 Å². The zero-order valence-electron chi connectivity index (χ0n) is 11.4. The molecule has 0 N–H and O–H groups in total. The maximum Gasteiger partial charge on any atom is 0.435 e. The molecule has 0 spiro atoms. The summed E-state index contributed by atoms with van der Waals surface area (Å²) < 4.78 is 41.8. The summed E-state index contributed by atoms with van der Waals surface area (Å²) in [5.41, 5.74) is -1.00. The first-order valence-electron chi connectivity index (χ1n) is 6.35. The Hall–Kier alpha value is -1.90. The van der Waals surface area contributed by atoms with E-state index >= 15 is 0 Å². The number of aromatic nitrogens is 2. The molecule has 1 fully saturated rings. The summed E-state index contributed by atoms with van der Waals surface area (Å²) in [6, 6.07) is 2.23. The molecule has 1 aliphatic rings. The largest absolute Gasteiger partial charge is 0.468 e. The van der Waals surface area contributed by atoms with Crippen molar-refractivity contribution in [3.8, 4) is 0 Å². The predicted octanol–water partition coefficient (Wildman–Crippen LogP) is 0.790. The van der Waals surface area contributed by atoms with Gasteiger partial charge in [-0.2, -0.15) is 13.2 Å². The van der Waals surface area contributed by atoms with Gasteiger partial charge in [-0.25, -0.2) is 0 Å². The Bertz CT molecular complexity index is 484. The van der Waals surface area contributed by atoms with Crippen LogP contribution in [0.4, 0.5) is 19.0 Å². The van der Waals surface area contributed by atoms with Crippen LogP contribution in [0.1, 0.15) is 5.69 Å². The molecule has 2 heterocycles. The first kappa shape index (κ1) is 15.5. The Morgan fingerprint density at radius 3 is 2.38 bits per heavy atom. The topological polar surface area (TPSA) is 58.6 Å². The number of carbonyl (C=O) groups is 1. The number of esters is 1. The summed E-state index contributed by atoms with van der Waals surface area (Å²) in [7, 11) is 1.33. The van der Waals surface area contributed by atoms with Gasteiger partial charge in [-0.05, 0) is 12.1 Å². The number of hydrogen-bond acceptors (Lipinski definition) is 6. The van der Waals surface area contributed by atoms with Crippen LogP contribution in [0.15, 0.2) is 12.1 Å². The molecule has 2 rings (SSSR count). The van der Waals surface area contributed by atoms with Crippen LogP contribution in [-0.2, 0) is 15.7 Å². The number of alkyl halides is 3. The summed E-state index contributed by atoms with van der Waals surface area (Å²) in [6.45, 7) is 2.56. The summed E-state index contributed by atoms with van der Waals surface area (Å²) in [5, 5.41) is 6.82. The van der Waals surface area contributed by atoms with Gasteiger partial charge in [0.25, 0.3) is 0 Å². The van der Waals surface area contributed by atoms with Crippen LogP contribution in [0.5, 0.6) is 0 Å². The molecule has 0 amide bonds. The normalized spacial score (nSPS) is 16.9. The van der Waals surface area contributed by atoms with Crippen molar-refractivity contribution in [1.29, 1.82) is 0 Å². The fourth-order valence-corrected chi connectivity index (χ4v) is 2.03. The van der Waals surface area contributed by atoms with Gasteiger partial charge in [-0.15, -0.1) is 10.2 Å². The van der Waals surface area contributed by atoms with Gasteiger partial charge in [0.1, 0.15) is 0 Å². The average molecular weight is 304 g/mol. The summed E-state index contributed by atoms with van der Waals surface area (Å²) in [4.78, 5) is 14.9. The molecule has 0 aromatic carbocycles. The Morgan fingerprint density at radius 2 is 1.90 bits per heavy atom. The third-order valence-electron chi connectivity index (χ3n) is 3.22. The van der Waals surface area contributed by atoms with E-state index in [-0.39, 0.29) is 12.5 Å². The molecule has 116 valence electrons. The summed E-state index contributed by atoms with van der Waals surface area (Å²) >= 11 is 0. The Labute approximate surface area is 119 Å². The van der Waals surface area contributed by atoms with E-state index in [9.17, 15) is 18.0 Å². The molecule has 1 saturated heterocycles. The zero-order chi connectivity index (χ0) is 15.5. The second kappa shape index (κ2) is 6.25. The third kappa shape index (κ3) is 4.03. The van der Waals surface area contributed by atoms with Crippen molar-refractivity contribution < 1.29 is 22.7 Å². The van der Waals surface area contributed by atoms with Crippen LogP contribution < -0.4 is 4.90 Å². The lowest BCUT2D eigenvalue weighted by Gasteiger charge is -2.34. The molecule has 1 aromatic rings. The molecule has 0 aliphatic carbocycles. The molecule has 1 aromatic heterocycles. The van der Waals surface area contributed by atoms with Gasteiger partial charge in [0.2, 0.25) is 0 Å².